The van der Waals surface area contributed by atoms with Gasteiger partial charge in [-0.25, -0.2) is 0 Å². The average Bonchev–Trinajstić information content (AvgIpc) is 2.11. The molecule has 1 saturated carbocycles. The largest absolute Gasteiger partial charge is 0.382 e. The molecule has 0 atom stereocenters. The fraction of sp³-hybridized carbons (Fsp3) is 1.00. The topological polar surface area (TPSA) is 21.3 Å². The van der Waals surface area contributed by atoms with Crippen molar-refractivity contribution in [2.75, 3.05) is 26.3 Å². The molecular formula is C14H29NO. The summed E-state index contributed by atoms with van der Waals surface area (Å²) in [6.07, 6.45) is 5.41. The first kappa shape index (κ1) is 14.0. The fourth-order valence-electron chi connectivity index (χ4n) is 2.33. The number of hydrogen-bond acceptors (Lipinski definition) is 2. The Hall–Kier alpha value is -0.0800. The second kappa shape index (κ2) is 6.02. The van der Waals surface area contributed by atoms with Crippen LogP contribution >= 0.6 is 0 Å². The van der Waals surface area contributed by atoms with E-state index in [0.717, 1.165) is 19.8 Å². The lowest BCUT2D eigenvalue weighted by Crippen LogP contribution is -2.43. The summed E-state index contributed by atoms with van der Waals surface area (Å²) in [4.78, 5) is 0. The summed E-state index contributed by atoms with van der Waals surface area (Å²) in [5.74, 6) is 0. The van der Waals surface area contributed by atoms with Crippen LogP contribution in [0.1, 0.15) is 53.4 Å². The molecule has 1 aliphatic carbocycles. The molecule has 0 saturated heterocycles. The Labute approximate surface area is 101 Å². The predicted octanol–water partition coefficient (Wildman–Crippen LogP) is 3.22. The molecule has 0 bridgehead atoms. The van der Waals surface area contributed by atoms with E-state index in [2.05, 4.69) is 33.0 Å². The van der Waals surface area contributed by atoms with E-state index in [1.807, 2.05) is 0 Å². The van der Waals surface area contributed by atoms with Crippen molar-refractivity contribution < 1.29 is 4.74 Å². The lowest BCUT2D eigenvalue weighted by Gasteiger charge is -2.43. The van der Waals surface area contributed by atoms with E-state index in [-0.39, 0.29) is 0 Å². The van der Waals surface area contributed by atoms with Gasteiger partial charge < -0.3 is 10.1 Å². The molecule has 0 aromatic rings. The van der Waals surface area contributed by atoms with Crippen LogP contribution in [0.4, 0.5) is 0 Å². The van der Waals surface area contributed by atoms with Crippen molar-refractivity contribution in [1.29, 1.82) is 0 Å². The van der Waals surface area contributed by atoms with Gasteiger partial charge in [0.05, 0.1) is 0 Å². The van der Waals surface area contributed by atoms with Crippen LogP contribution in [-0.2, 0) is 4.74 Å². The second-order valence-electron chi connectivity index (χ2n) is 6.46. The first-order valence-corrected chi connectivity index (χ1v) is 6.76. The lowest BCUT2D eigenvalue weighted by molar-refractivity contribution is 0.0525. The third kappa shape index (κ3) is 4.84. The van der Waals surface area contributed by atoms with Gasteiger partial charge >= 0.3 is 0 Å². The fourth-order valence-corrected chi connectivity index (χ4v) is 2.33. The molecule has 0 aliphatic heterocycles. The molecule has 0 unspecified atom stereocenters. The van der Waals surface area contributed by atoms with Gasteiger partial charge in [0.15, 0.2) is 0 Å². The first-order valence-electron chi connectivity index (χ1n) is 6.76. The van der Waals surface area contributed by atoms with Crippen molar-refractivity contribution >= 4 is 0 Å². The summed E-state index contributed by atoms with van der Waals surface area (Å²) in [6, 6.07) is 0. The Balaban J connectivity index is 2.20. The summed E-state index contributed by atoms with van der Waals surface area (Å²) in [6.45, 7) is 13.0. The Bertz CT molecular complexity index is 191. The summed E-state index contributed by atoms with van der Waals surface area (Å²) in [7, 11) is 0. The molecule has 0 aromatic carbocycles. The van der Waals surface area contributed by atoms with Crippen LogP contribution in [0.25, 0.3) is 0 Å². The molecule has 1 rings (SSSR count). The SMILES string of the molecule is CCOCCC1(CNCC(C)(C)C)CCC1. The molecule has 96 valence electrons. The van der Waals surface area contributed by atoms with E-state index in [0.29, 0.717) is 10.8 Å². The van der Waals surface area contributed by atoms with Gasteiger partial charge in [-0.1, -0.05) is 27.2 Å². The van der Waals surface area contributed by atoms with Gasteiger partial charge in [-0.3, -0.25) is 0 Å². The summed E-state index contributed by atoms with van der Waals surface area (Å²) >= 11 is 0. The number of nitrogens with one attached hydrogen (secondary N) is 1. The van der Waals surface area contributed by atoms with Crippen LogP contribution in [-0.4, -0.2) is 26.3 Å². The highest BCUT2D eigenvalue weighted by molar-refractivity contribution is 4.89. The standard InChI is InChI=1S/C14H29NO/c1-5-16-10-9-14(7-6-8-14)12-15-11-13(2,3)4/h15H,5-12H2,1-4H3. The first-order chi connectivity index (χ1) is 7.47. The van der Waals surface area contributed by atoms with Crippen molar-refractivity contribution in [2.24, 2.45) is 10.8 Å². The van der Waals surface area contributed by atoms with Crippen LogP contribution in [0.2, 0.25) is 0 Å². The number of rotatable bonds is 7. The highest BCUT2D eigenvalue weighted by Crippen LogP contribution is 2.43. The third-order valence-corrected chi connectivity index (χ3v) is 3.55. The van der Waals surface area contributed by atoms with E-state index in [9.17, 15) is 0 Å². The van der Waals surface area contributed by atoms with E-state index in [4.69, 9.17) is 4.74 Å². The van der Waals surface area contributed by atoms with Gasteiger partial charge in [0.25, 0.3) is 0 Å². The lowest BCUT2D eigenvalue weighted by atomic mass is 9.66. The molecule has 2 nitrogen and oxygen atoms in total. The zero-order valence-electron chi connectivity index (χ0n) is 11.6. The Kier molecular flexibility index (Phi) is 5.26. The van der Waals surface area contributed by atoms with Crippen LogP contribution < -0.4 is 5.32 Å². The van der Waals surface area contributed by atoms with Crippen molar-refractivity contribution in [3.8, 4) is 0 Å². The Morgan fingerprint density at radius 3 is 2.38 bits per heavy atom. The van der Waals surface area contributed by atoms with Crippen LogP contribution in [0.5, 0.6) is 0 Å². The number of ether oxygens (including phenoxy) is 1. The second-order valence-corrected chi connectivity index (χ2v) is 6.46. The van der Waals surface area contributed by atoms with Gasteiger partial charge in [-0.15, -0.1) is 0 Å². The zero-order chi connectivity index (χ0) is 12.1. The van der Waals surface area contributed by atoms with Crippen molar-refractivity contribution in [1.82, 2.24) is 5.32 Å². The normalized spacial score (nSPS) is 19.5. The van der Waals surface area contributed by atoms with E-state index in [1.165, 1.54) is 32.2 Å². The summed E-state index contributed by atoms with van der Waals surface area (Å²) < 4.78 is 5.48. The van der Waals surface area contributed by atoms with Crippen LogP contribution in [0.3, 0.4) is 0 Å². The molecule has 0 heterocycles. The molecule has 1 fully saturated rings. The van der Waals surface area contributed by atoms with Crippen molar-refractivity contribution in [3.63, 3.8) is 0 Å². The maximum atomic E-state index is 5.48. The van der Waals surface area contributed by atoms with Crippen LogP contribution in [0.15, 0.2) is 0 Å². The highest BCUT2D eigenvalue weighted by Gasteiger charge is 2.36. The van der Waals surface area contributed by atoms with Gasteiger partial charge in [0, 0.05) is 26.3 Å². The van der Waals surface area contributed by atoms with E-state index >= 15 is 0 Å². The molecule has 16 heavy (non-hydrogen) atoms. The third-order valence-electron chi connectivity index (χ3n) is 3.55. The minimum Gasteiger partial charge on any atom is -0.382 e. The predicted molar refractivity (Wildman–Crippen MR) is 69.7 cm³/mol. The summed E-state index contributed by atoms with van der Waals surface area (Å²) in [5, 5.41) is 3.64. The molecule has 0 radical (unpaired) electrons. The Morgan fingerprint density at radius 2 is 1.94 bits per heavy atom. The maximum absolute atomic E-state index is 5.48. The average molecular weight is 227 g/mol. The van der Waals surface area contributed by atoms with Gasteiger partial charge in [-0.05, 0) is 37.0 Å². The quantitative estimate of drug-likeness (QED) is 0.674. The molecular weight excluding hydrogens is 198 g/mol. The minimum absolute atomic E-state index is 0.394. The van der Waals surface area contributed by atoms with Gasteiger partial charge in [0.2, 0.25) is 0 Å². The minimum atomic E-state index is 0.394. The van der Waals surface area contributed by atoms with Crippen molar-refractivity contribution in [2.45, 2.75) is 53.4 Å². The molecule has 0 amide bonds. The zero-order valence-corrected chi connectivity index (χ0v) is 11.6. The van der Waals surface area contributed by atoms with Gasteiger partial charge in [0.1, 0.15) is 0 Å². The molecule has 0 spiro atoms. The van der Waals surface area contributed by atoms with E-state index < -0.39 is 0 Å². The van der Waals surface area contributed by atoms with E-state index in [1.54, 1.807) is 0 Å². The number of hydrogen-bond donors (Lipinski definition) is 1. The monoisotopic (exact) mass is 227 g/mol. The van der Waals surface area contributed by atoms with Gasteiger partial charge in [-0.2, -0.15) is 0 Å². The Morgan fingerprint density at radius 1 is 1.25 bits per heavy atom. The van der Waals surface area contributed by atoms with Crippen molar-refractivity contribution in [3.05, 3.63) is 0 Å². The molecule has 0 aromatic heterocycles. The summed E-state index contributed by atoms with van der Waals surface area (Å²) in [5.41, 5.74) is 0.950. The smallest absolute Gasteiger partial charge is 0.0471 e. The highest BCUT2D eigenvalue weighted by atomic mass is 16.5. The molecule has 2 heteroatoms. The molecule has 1 N–H and O–H groups in total. The van der Waals surface area contributed by atoms with Crippen LogP contribution in [0, 0.1) is 10.8 Å². The molecule has 1 aliphatic rings. The maximum Gasteiger partial charge on any atom is 0.0471 e.